The Bertz CT molecular complexity index is 1380. The third-order valence-electron chi connectivity index (χ3n) is 5.21. The van der Waals surface area contributed by atoms with Gasteiger partial charge < -0.3 is 9.47 Å². The third kappa shape index (κ3) is 5.95. The minimum absolute atomic E-state index is 0.179. The summed E-state index contributed by atoms with van der Waals surface area (Å²) in [7, 11) is 1.50. The summed E-state index contributed by atoms with van der Waals surface area (Å²) in [5.41, 5.74) is 1.79. The topological polar surface area (TPSA) is 72.9 Å². The maximum atomic E-state index is 12.9. The summed E-state index contributed by atoms with van der Waals surface area (Å²) >= 11 is 16.5. The predicted octanol–water partition coefficient (Wildman–Crippen LogP) is 7.26. The van der Waals surface area contributed by atoms with Gasteiger partial charge in [-0.25, -0.2) is 0 Å². The van der Waals surface area contributed by atoms with Crippen LogP contribution < -0.4 is 9.47 Å². The minimum atomic E-state index is -0.526. The molecule has 1 fully saturated rings. The number of rotatable bonds is 8. The van der Waals surface area contributed by atoms with E-state index >= 15 is 0 Å². The molecule has 6 nitrogen and oxygen atoms in total. The summed E-state index contributed by atoms with van der Waals surface area (Å²) < 4.78 is 12.0. The number of hydrogen-bond donors (Lipinski definition) is 0. The van der Waals surface area contributed by atoms with Gasteiger partial charge in [-0.05, 0) is 63.6 Å². The van der Waals surface area contributed by atoms with Gasteiger partial charge in [0.1, 0.15) is 6.61 Å². The number of hydrogen-bond acceptors (Lipinski definition) is 6. The van der Waals surface area contributed by atoms with Crippen LogP contribution in [0.3, 0.4) is 0 Å². The molecule has 0 bridgehead atoms. The zero-order chi connectivity index (χ0) is 25.8. The SMILES string of the molecule is COc1cc(/C=C2/SC(=O)N(CC(=O)c3ccccc3)C2=O)cc(Br)c1OCc1ccc(Cl)cc1Cl. The molecule has 0 aliphatic carbocycles. The molecule has 0 saturated carbocycles. The number of amides is 2. The Morgan fingerprint density at radius 2 is 1.83 bits per heavy atom. The Labute approximate surface area is 230 Å². The Hall–Kier alpha value is -2.78. The average molecular weight is 607 g/mol. The standard InChI is InChI=1S/C26H18BrCl2NO5S/c1-34-22-10-15(9-19(27)24(22)35-14-17-7-8-18(28)12-20(17)29)11-23-25(32)30(26(33)36-23)13-21(31)16-5-3-2-4-6-16/h2-12H,13-14H2,1H3/b23-11+. The van der Waals surface area contributed by atoms with Gasteiger partial charge in [-0.3, -0.25) is 19.3 Å². The Morgan fingerprint density at radius 3 is 2.53 bits per heavy atom. The van der Waals surface area contributed by atoms with Crippen molar-refractivity contribution in [2.45, 2.75) is 6.61 Å². The second-order valence-electron chi connectivity index (χ2n) is 7.62. The molecule has 1 aliphatic rings. The first-order valence-corrected chi connectivity index (χ1v) is 12.9. The number of thioether (sulfide) groups is 1. The van der Waals surface area contributed by atoms with Crippen LogP contribution in [0.1, 0.15) is 21.5 Å². The highest BCUT2D eigenvalue weighted by atomic mass is 79.9. The van der Waals surface area contributed by atoms with Crippen molar-refractivity contribution in [1.29, 1.82) is 0 Å². The van der Waals surface area contributed by atoms with Gasteiger partial charge in [0.05, 0.1) is 23.0 Å². The highest BCUT2D eigenvalue weighted by Gasteiger charge is 2.36. The van der Waals surface area contributed by atoms with E-state index in [9.17, 15) is 14.4 Å². The number of ketones is 1. The predicted molar refractivity (Wildman–Crippen MR) is 145 cm³/mol. The molecule has 4 rings (SSSR count). The van der Waals surface area contributed by atoms with E-state index in [0.29, 0.717) is 37.1 Å². The molecule has 3 aromatic carbocycles. The molecule has 0 atom stereocenters. The third-order valence-corrected chi connectivity index (χ3v) is 7.29. The van der Waals surface area contributed by atoms with Crippen LogP contribution in [0.2, 0.25) is 10.0 Å². The maximum Gasteiger partial charge on any atom is 0.293 e. The molecule has 0 spiro atoms. The number of Topliss-reactive ketones (excluding diaryl/α,β-unsaturated/α-hetero) is 1. The molecule has 1 aliphatic heterocycles. The maximum absolute atomic E-state index is 12.9. The Balaban J connectivity index is 1.52. The number of nitrogens with zero attached hydrogens (tertiary/aromatic N) is 1. The lowest BCUT2D eigenvalue weighted by molar-refractivity contribution is -0.122. The molecule has 36 heavy (non-hydrogen) atoms. The van der Waals surface area contributed by atoms with E-state index in [2.05, 4.69) is 15.9 Å². The van der Waals surface area contributed by atoms with Gasteiger partial charge in [0.15, 0.2) is 17.3 Å². The average Bonchev–Trinajstić information content (AvgIpc) is 3.11. The van der Waals surface area contributed by atoms with Crippen molar-refractivity contribution in [3.05, 3.63) is 96.8 Å². The van der Waals surface area contributed by atoms with Crippen molar-refractivity contribution in [2.75, 3.05) is 13.7 Å². The van der Waals surface area contributed by atoms with Gasteiger partial charge in [-0.1, -0.05) is 59.6 Å². The van der Waals surface area contributed by atoms with Crippen LogP contribution in [-0.2, 0) is 11.4 Å². The molecular weight excluding hydrogens is 589 g/mol. The highest BCUT2D eigenvalue weighted by Crippen LogP contribution is 2.40. The van der Waals surface area contributed by atoms with Crippen molar-refractivity contribution in [2.24, 2.45) is 0 Å². The number of carbonyl (C=O) groups is 3. The normalized spacial score (nSPS) is 14.4. The summed E-state index contributed by atoms with van der Waals surface area (Å²) in [6, 6.07) is 17.1. The first-order valence-electron chi connectivity index (χ1n) is 10.5. The first-order chi connectivity index (χ1) is 17.3. The van der Waals surface area contributed by atoms with Crippen LogP contribution in [0.15, 0.2) is 70.0 Å². The van der Waals surface area contributed by atoms with E-state index in [1.165, 1.54) is 7.11 Å². The van der Waals surface area contributed by atoms with E-state index in [-0.39, 0.29) is 23.8 Å². The van der Waals surface area contributed by atoms with Gasteiger partial charge in [-0.15, -0.1) is 0 Å². The van der Waals surface area contributed by atoms with E-state index in [0.717, 1.165) is 22.2 Å². The number of methoxy groups -OCH3 is 1. The number of ether oxygens (including phenoxy) is 2. The smallest absolute Gasteiger partial charge is 0.293 e. The van der Waals surface area contributed by atoms with Gasteiger partial charge in [0, 0.05) is 21.2 Å². The van der Waals surface area contributed by atoms with Crippen LogP contribution in [0.5, 0.6) is 11.5 Å². The number of imide groups is 1. The second-order valence-corrected chi connectivity index (χ2v) is 10.3. The molecule has 1 saturated heterocycles. The van der Waals surface area contributed by atoms with Crippen molar-refractivity contribution >= 4 is 73.9 Å². The molecule has 0 unspecified atom stereocenters. The monoisotopic (exact) mass is 605 g/mol. The van der Waals surface area contributed by atoms with Gasteiger partial charge in [-0.2, -0.15) is 0 Å². The molecule has 0 N–H and O–H groups in total. The zero-order valence-electron chi connectivity index (χ0n) is 18.8. The highest BCUT2D eigenvalue weighted by molar-refractivity contribution is 9.10. The van der Waals surface area contributed by atoms with E-state index < -0.39 is 11.1 Å². The molecule has 3 aromatic rings. The molecule has 10 heteroatoms. The lowest BCUT2D eigenvalue weighted by atomic mass is 10.1. The minimum Gasteiger partial charge on any atom is -0.493 e. The first kappa shape index (κ1) is 26.3. The van der Waals surface area contributed by atoms with Gasteiger partial charge in [0.2, 0.25) is 0 Å². The van der Waals surface area contributed by atoms with Crippen LogP contribution in [0, 0.1) is 0 Å². The number of benzene rings is 3. The van der Waals surface area contributed by atoms with Gasteiger partial charge in [0.25, 0.3) is 11.1 Å². The Kier molecular flexibility index (Phi) is 8.41. The largest absolute Gasteiger partial charge is 0.493 e. The van der Waals surface area contributed by atoms with E-state index in [4.69, 9.17) is 32.7 Å². The fraction of sp³-hybridized carbons (Fsp3) is 0.115. The van der Waals surface area contributed by atoms with Gasteiger partial charge >= 0.3 is 0 Å². The van der Waals surface area contributed by atoms with Crippen molar-refractivity contribution in [3.8, 4) is 11.5 Å². The summed E-state index contributed by atoms with van der Waals surface area (Å²) in [4.78, 5) is 39.0. The summed E-state index contributed by atoms with van der Waals surface area (Å²) in [5, 5.41) is 0.512. The number of carbonyl (C=O) groups excluding carboxylic acids is 3. The summed E-state index contributed by atoms with van der Waals surface area (Å²) in [5.74, 6) is 0.0226. The van der Waals surface area contributed by atoms with Crippen LogP contribution in [-0.4, -0.2) is 35.5 Å². The second kappa shape index (κ2) is 11.5. The van der Waals surface area contributed by atoms with Crippen LogP contribution >= 0.6 is 50.9 Å². The van der Waals surface area contributed by atoms with Crippen LogP contribution in [0.25, 0.3) is 6.08 Å². The lowest BCUT2D eigenvalue weighted by Gasteiger charge is -2.14. The van der Waals surface area contributed by atoms with Crippen molar-refractivity contribution < 1.29 is 23.9 Å². The molecule has 1 heterocycles. The van der Waals surface area contributed by atoms with E-state index in [1.54, 1.807) is 66.7 Å². The fourth-order valence-corrected chi connectivity index (χ4v) is 5.27. The molecule has 2 amide bonds. The quantitative estimate of drug-likeness (QED) is 0.198. The summed E-state index contributed by atoms with van der Waals surface area (Å²) in [6.45, 7) is -0.141. The summed E-state index contributed by atoms with van der Waals surface area (Å²) in [6.07, 6.45) is 1.57. The molecule has 184 valence electrons. The Morgan fingerprint density at radius 1 is 1.08 bits per heavy atom. The molecule has 0 radical (unpaired) electrons. The number of halogens is 3. The van der Waals surface area contributed by atoms with Crippen LogP contribution in [0.4, 0.5) is 4.79 Å². The van der Waals surface area contributed by atoms with Crippen molar-refractivity contribution in [3.63, 3.8) is 0 Å². The lowest BCUT2D eigenvalue weighted by Crippen LogP contribution is -2.33. The van der Waals surface area contributed by atoms with Crippen molar-refractivity contribution in [1.82, 2.24) is 4.90 Å². The molecule has 0 aromatic heterocycles. The fourth-order valence-electron chi connectivity index (χ4n) is 3.40. The zero-order valence-corrected chi connectivity index (χ0v) is 22.7. The van der Waals surface area contributed by atoms with E-state index in [1.807, 2.05) is 0 Å². The molecular formula is C26H18BrCl2NO5S.